The van der Waals surface area contributed by atoms with Gasteiger partial charge in [-0.05, 0) is 45.8 Å². The molecular formula is C16H15BrClNO2. The monoisotopic (exact) mass is 367 g/mol. The van der Waals surface area contributed by atoms with Gasteiger partial charge in [0.15, 0.2) is 11.5 Å². The second-order valence-corrected chi connectivity index (χ2v) is 6.14. The van der Waals surface area contributed by atoms with Crippen molar-refractivity contribution in [2.24, 2.45) is 0 Å². The van der Waals surface area contributed by atoms with E-state index < -0.39 is 0 Å². The van der Waals surface area contributed by atoms with Crippen molar-refractivity contribution < 1.29 is 9.47 Å². The summed E-state index contributed by atoms with van der Waals surface area (Å²) in [6.45, 7) is 2.06. The first-order valence-corrected chi connectivity index (χ1v) is 7.92. The van der Waals surface area contributed by atoms with Gasteiger partial charge in [0.2, 0.25) is 0 Å². The van der Waals surface area contributed by atoms with Crippen molar-refractivity contribution in [2.75, 3.05) is 13.2 Å². The summed E-state index contributed by atoms with van der Waals surface area (Å²) in [7, 11) is 0. The molecule has 2 aromatic carbocycles. The highest BCUT2D eigenvalue weighted by Gasteiger charge is 2.19. The predicted molar refractivity (Wildman–Crippen MR) is 87.2 cm³/mol. The molecule has 0 spiro atoms. The first kappa shape index (κ1) is 14.7. The summed E-state index contributed by atoms with van der Waals surface area (Å²) in [6.07, 6.45) is 0.0237. The van der Waals surface area contributed by atoms with E-state index in [0.717, 1.165) is 34.1 Å². The van der Waals surface area contributed by atoms with Crippen LogP contribution in [0.4, 0.5) is 0 Å². The van der Waals surface area contributed by atoms with Crippen molar-refractivity contribution in [2.45, 2.75) is 12.6 Å². The van der Waals surface area contributed by atoms with Gasteiger partial charge in [-0.25, -0.2) is 0 Å². The summed E-state index contributed by atoms with van der Waals surface area (Å²) in [5.41, 5.74) is 1.17. The largest absolute Gasteiger partial charge is 0.486 e. The lowest BCUT2D eigenvalue weighted by Crippen LogP contribution is -2.38. The molecule has 1 aliphatic heterocycles. The average Bonchev–Trinajstić information content (AvgIpc) is 2.51. The van der Waals surface area contributed by atoms with Crippen molar-refractivity contribution in [1.29, 1.82) is 0 Å². The molecule has 0 saturated heterocycles. The highest BCUT2D eigenvalue weighted by molar-refractivity contribution is 9.10. The first-order valence-electron chi connectivity index (χ1n) is 6.75. The molecule has 2 aromatic rings. The Morgan fingerprint density at radius 2 is 2.00 bits per heavy atom. The predicted octanol–water partition coefficient (Wildman–Crippen LogP) is 4.03. The fourth-order valence-electron chi connectivity index (χ4n) is 2.19. The van der Waals surface area contributed by atoms with Crippen LogP contribution in [0.5, 0.6) is 11.5 Å². The van der Waals surface area contributed by atoms with E-state index in [2.05, 4.69) is 21.2 Å². The van der Waals surface area contributed by atoms with Gasteiger partial charge in [-0.2, -0.15) is 0 Å². The van der Waals surface area contributed by atoms with E-state index in [-0.39, 0.29) is 6.10 Å². The van der Waals surface area contributed by atoms with Crippen LogP contribution in [-0.2, 0) is 6.54 Å². The molecule has 0 aliphatic carbocycles. The van der Waals surface area contributed by atoms with Crippen molar-refractivity contribution in [3.05, 3.63) is 57.5 Å². The van der Waals surface area contributed by atoms with Crippen LogP contribution >= 0.6 is 27.5 Å². The maximum atomic E-state index is 5.98. The van der Waals surface area contributed by atoms with E-state index in [1.165, 1.54) is 5.56 Å². The number of halogens is 2. The summed E-state index contributed by atoms with van der Waals surface area (Å²) >= 11 is 9.41. The number of para-hydroxylation sites is 2. The van der Waals surface area contributed by atoms with Crippen molar-refractivity contribution in [3.63, 3.8) is 0 Å². The summed E-state index contributed by atoms with van der Waals surface area (Å²) in [5.74, 6) is 1.63. The van der Waals surface area contributed by atoms with Crippen molar-refractivity contribution in [3.8, 4) is 11.5 Å². The van der Waals surface area contributed by atoms with Gasteiger partial charge in [0.1, 0.15) is 12.7 Å². The van der Waals surface area contributed by atoms with Gasteiger partial charge < -0.3 is 14.8 Å². The molecular weight excluding hydrogens is 354 g/mol. The molecule has 0 fully saturated rings. The van der Waals surface area contributed by atoms with Gasteiger partial charge >= 0.3 is 0 Å². The minimum absolute atomic E-state index is 0.0237. The lowest BCUT2D eigenvalue weighted by atomic mass is 10.2. The molecule has 3 rings (SSSR count). The molecule has 0 amide bonds. The molecule has 0 bridgehead atoms. The number of hydrogen-bond donors (Lipinski definition) is 1. The smallest absolute Gasteiger partial charge is 0.161 e. The normalized spacial score (nSPS) is 16.8. The van der Waals surface area contributed by atoms with E-state index >= 15 is 0 Å². The highest BCUT2D eigenvalue weighted by Crippen LogP contribution is 2.30. The molecule has 5 heteroatoms. The zero-order valence-electron chi connectivity index (χ0n) is 11.3. The minimum Gasteiger partial charge on any atom is -0.486 e. The molecule has 3 nitrogen and oxygen atoms in total. The quantitative estimate of drug-likeness (QED) is 0.884. The van der Waals surface area contributed by atoms with Crippen LogP contribution in [0.15, 0.2) is 46.9 Å². The second-order valence-electron chi connectivity index (χ2n) is 4.88. The molecule has 0 radical (unpaired) electrons. The van der Waals surface area contributed by atoms with Crippen molar-refractivity contribution in [1.82, 2.24) is 5.32 Å². The third-order valence-corrected chi connectivity index (χ3v) is 4.47. The Kier molecular flexibility index (Phi) is 4.68. The van der Waals surface area contributed by atoms with Crippen molar-refractivity contribution >= 4 is 27.5 Å². The zero-order valence-corrected chi connectivity index (χ0v) is 13.7. The lowest BCUT2D eigenvalue weighted by molar-refractivity contribution is 0.0902. The fourth-order valence-corrected chi connectivity index (χ4v) is 2.73. The van der Waals surface area contributed by atoms with E-state index in [1.807, 2.05) is 42.5 Å². The van der Waals surface area contributed by atoms with Gasteiger partial charge in [-0.3, -0.25) is 0 Å². The molecule has 1 N–H and O–H groups in total. The molecule has 0 saturated carbocycles. The van der Waals surface area contributed by atoms with Crippen LogP contribution in [0.25, 0.3) is 0 Å². The van der Waals surface area contributed by atoms with E-state index in [4.69, 9.17) is 21.1 Å². The number of ether oxygens (including phenoxy) is 2. The highest BCUT2D eigenvalue weighted by atomic mass is 79.9. The molecule has 0 aromatic heterocycles. The Balaban J connectivity index is 1.51. The fraction of sp³-hybridized carbons (Fsp3) is 0.250. The first-order chi connectivity index (χ1) is 10.2. The van der Waals surface area contributed by atoms with Crippen LogP contribution in [0.2, 0.25) is 5.02 Å². The Hall–Kier alpha value is -1.23. The van der Waals surface area contributed by atoms with Crippen LogP contribution in [0.3, 0.4) is 0 Å². The molecule has 1 atom stereocenters. The number of rotatable bonds is 4. The molecule has 1 aliphatic rings. The Labute approximate surface area is 137 Å². The van der Waals surface area contributed by atoms with Crippen LogP contribution in [-0.4, -0.2) is 19.3 Å². The SMILES string of the molecule is Clc1ccc(CNCC2COc3ccccc3O2)cc1Br. The summed E-state index contributed by atoms with van der Waals surface area (Å²) in [4.78, 5) is 0. The number of hydrogen-bond acceptors (Lipinski definition) is 3. The van der Waals surface area contributed by atoms with E-state index in [0.29, 0.717) is 6.61 Å². The maximum Gasteiger partial charge on any atom is 0.161 e. The van der Waals surface area contributed by atoms with E-state index in [1.54, 1.807) is 0 Å². The maximum absolute atomic E-state index is 5.98. The van der Waals surface area contributed by atoms with Gasteiger partial charge in [0.05, 0.1) is 5.02 Å². The Bertz CT molecular complexity index is 635. The van der Waals surface area contributed by atoms with Gasteiger partial charge in [0, 0.05) is 17.6 Å². The third kappa shape index (κ3) is 3.70. The van der Waals surface area contributed by atoms with Gasteiger partial charge in [-0.1, -0.05) is 29.8 Å². The number of benzene rings is 2. The summed E-state index contributed by atoms with van der Waals surface area (Å²) in [6, 6.07) is 13.7. The van der Waals surface area contributed by atoms with Crippen LogP contribution in [0, 0.1) is 0 Å². The van der Waals surface area contributed by atoms with Gasteiger partial charge in [0.25, 0.3) is 0 Å². The van der Waals surface area contributed by atoms with Crippen LogP contribution in [0.1, 0.15) is 5.56 Å². The average molecular weight is 369 g/mol. The third-order valence-electron chi connectivity index (χ3n) is 3.25. The standard InChI is InChI=1S/C16H15BrClNO2/c17-13-7-11(5-6-14(13)18)8-19-9-12-10-20-15-3-1-2-4-16(15)21-12/h1-7,12,19H,8-10H2. The lowest BCUT2D eigenvalue weighted by Gasteiger charge is -2.26. The molecule has 21 heavy (non-hydrogen) atoms. The number of fused-ring (bicyclic) bond motifs is 1. The number of nitrogens with one attached hydrogen (secondary N) is 1. The topological polar surface area (TPSA) is 30.5 Å². The van der Waals surface area contributed by atoms with Crippen LogP contribution < -0.4 is 14.8 Å². The second kappa shape index (κ2) is 6.69. The van der Waals surface area contributed by atoms with E-state index in [9.17, 15) is 0 Å². The summed E-state index contributed by atoms with van der Waals surface area (Å²) < 4.78 is 12.5. The Morgan fingerprint density at radius 3 is 2.81 bits per heavy atom. The minimum atomic E-state index is 0.0237. The molecule has 1 unspecified atom stereocenters. The summed E-state index contributed by atoms with van der Waals surface area (Å²) in [5, 5.41) is 4.10. The molecule has 1 heterocycles. The zero-order chi connectivity index (χ0) is 14.7. The Morgan fingerprint density at radius 1 is 1.19 bits per heavy atom. The van der Waals surface area contributed by atoms with Gasteiger partial charge in [-0.15, -0.1) is 0 Å². The molecule has 110 valence electrons.